The highest BCUT2D eigenvalue weighted by atomic mass is 32.1. The molecule has 0 saturated heterocycles. The molecule has 0 aliphatic rings. The maximum absolute atomic E-state index is 11.9. The minimum atomic E-state index is -0.379. The number of esters is 1. The van der Waals surface area contributed by atoms with Gasteiger partial charge < -0.3 is 15.2 Å². The molecule has 4 nitrogen and oxygen atoms in total. The molecule has 0 unspecified atom stereocenters. The number of para-hydroxylation sites is 1. The molecular formula is C19H17NO3S. The number of nitrogens with two attached hydrogens (primary N) is 1. The standard InChI is InChI=1S/C19H17NO3S/c1-2-22-19(21)18-16(20)12-17(24-18)13-8-10-15(11-9-13)23-14-6-4-3-5-7-14/h3-12H,2,20H2,1H3. The number of benzene rings is 2. The minimum Gasteiger partial charge on any atom is -0.462 e. The minimum absolute atomic E-state index is 0.330. The zero-order chi connectivity index (χ0) is 16.9. The van der Waals surface area contributed by atoms with Crippen LogP contribution in [-0.4, -0.2) is 12.6 Å². The van der Waals surface area contributed by atoms with Gasteiger partial charge >= 0.3 is 5.97 Å². The Morgan fingerprint density at radius 1 is 1.04 bits per heavy atom. The van der Waals surface area contributed by atoms with Crippen molar-refractivity contribution in [3.8, 4) is 21.9 Å². The number of nitrogen functional groups attached to an aromatic ring is 1. The molecular weight excluding hydrogens is 322 g/mol. The number of hydrogen-bond donors (Lipinski definition) is 1. The Kier molecular flexibility index (Phi) is 4.82. The number of ether oxygens (including phenoxy) is 2. The molecule has 0 fully saturated rings. The van der Waals surface area contributed by atoms with Crippen LogP contribution in [0.2, 0.25) is 0 Å². The summed E-state index contributed by atoms with van der Waals surface area (Å²) in [6, 6.07) is 19.1. The first kappa shape index (κ1) is 16.1. The summed E-state index contributed by atoms with van der Waals surface area (Å²) in [4.78, 5) is 13.2. The summed E-state index contributed by atoms with van der Waals surface area (Å²) in [5.74, 6) is 1.16. The van der Waals surface area contributed by atoms with Crippen molar-refractivity contribution in [2.45, 2.75) is 6.92 Å². The second-order valence-corrected chi connectivity index (χ2v) is 6.11. The zero-order valence-corrected chi connectivity index (χ0v) is 14.0. The number of anilines is 1. The highest BCUT2D eigenvalue weighted by Gasteiger charge is 2.16. The largest absolute Gasteiger partial charge is 0.462 e. The molecule has 122 valence electrons. The van der Waals surface area contributed by atoms with Crippen molar-refractivity contribution in [3.05, 3.63) is 65.5 Å². The molecule has 0 saturated carbocycles. The van der Waals surface area contributed by atoms with Crippen LogP contribution in [0.4, 0.5) is 5.69 Å². The fourth-order valence-corrected chi connectivity index (χ4v) is 3.19. The molecule has 1 aromatic heterocycles. The normalized spacial score (nSPS) is 10.4. The van der Waals surface area contributed by atoms with E-state index in [1.54, 1.807) is 13.0 Å². The number of hydrogen-bond acceptors (Lipinski definition) is 5. The number of carbonyl (C=O) groups is 1. The average molecular weight is 339 g/mol. The molecule has 0 amide bonds. The Bertz CT molecular complexity index is 826. The Balaban J connectivity index is 1.78. The van der Waals surface area contributed by atoms with Crippen molar-refractivity contribution < 1.29 is 14.3 Å². The second-order valence-electron chi connectivity index (χ2n) is 5.06. The van der Waals surface area contributed by atoms with Crippen LogP contribution < -0.4 is 10.5 Å². The van der Waals surface area contributed by atoms with E-state index in [9.17, 15) is 4.79 Å². The van der Waals surface area contributed by atoms with Gasteiger partial charge in [-0.2, -0.15) is 0 Å². The molecule has 2 N–H and O–H groups in total. The van der Waals surface area contributed by atoms with Crippen LogP contribution in [0.1, 0.15) is 16.6 Å². The lowest BCUT2D eigenvalue weighted by Crippen LogP contribution is -2.04. The van der Waals surface area contributed by atoms with E-state index >= 15 is 0 Å². The Labute approximate surface area is 144 Å². The van der Waals surface area contributed by atoms with E-state index in [1.807, 2.05) is 54.6 Å². The van der Waals surface area contributed by atoms with Crippen molar-refractivity contribution in [2.24, 2.45) is 0 Å². The van der Waals surface area contributed by atoms with Gasteiger partial charge in [0.05, 0.1) is 12.3 Å². The number of rotatable bonds is 5. The lowest BCUT2D eigenvalue weighted by molar-refractivity contribution is 0.0533. The van der Waals surface area contributed by atoms with Crippen molar-refractivity contribution in [3.63, 3.8) is 0 Å². The van der Waals surface area contributed by atoms with Gasteiger partial charge in [0, 0.05) is 4.88 Å². The molecule has 0 bridgehead atoms. The monoisotopic (exact) mass is 339 g/mol. The van der Waals surface area contributed by atoms with Gasteiger partial charge in [0.25, 0.3) is 0 Å². The van der Waals surface area contributed by atoms with E-state index in [0.717, 1.165) is 21.9 Å². The number of thiophene rings is 1. The van der Waals surface area contributed by atoms with E-state index < -0.39 is 0 Å². The molecule has 0 spiro atoms. The molecule has 3 aromatic rings. The maximum Gasteiger partial charge on any atom is 0.350 e. The molecule has 0 aliphatic carbocycles. The van der Waals surface area contributed by atoms with Gasteiger partial charge in [0.2, 0.25) is 0 Å². The lowest BCUT2D eigenvalue weighted by atomic mass is 10.2. The third kappa shape index (κ3) is 3.58. The summed E-state index contributed by atoms with van der Waals surface area (Å²) in [7, 11) is 0. The van der Waals surface area contributed by atoms with Gasteiger partial charge in [-0.05, 0) is 55.0 Å². The summed E-state index contributed by atoms with van der Waals surface area (Å²) in [5, 5.41) is 0. The summed E-state index contributed by atoms with van der Waals surface area (Å²) in [6.45, 7) is 2.10. The summed E-state index contributed by atoms with van der Waals surface area (Å²) < 4.78 is 10.8. The van der Waals surface area contributed by atoms with Gasteiger partial charge in [0.15, 0.2) is 0 Å². The second kappa shape index (κ2) is 7.19. The van der Waals surface area contributed by atoms with Gasteiger partial charge in [0.1, 0.15) is 16.4 Å². The van der Waals surface area contributed by atoms with E-state index in [0.29, 0.717) is 17.2 Å². The zero-order valence-electron chi connectivity index (χ0n) is 13.2. The van der Waals surface area contributed by atoms with E-state index in [1.165, 1.54) is 11.3 Å². The SMILES string of the molecule is CCOC(=O)c1sc(-c2ccc(Oc3ccccc3)cc2)cc1N. The quantitative estimate of drug-likeness (QED) is 0.667. The molecule has 24 heavy (non-hydrogen) atoms. The summed E-state index contributed by atoms with van der Waals surface area (Å²) in [6.07, 6.45) is 0. The fraction of sp³-hybridized carbons (Fsp3) is 0.105. The van der Waals surface area contributed by atoms with Gasteiger partial charge in [-0.3, -0.25) is 0 Å². The van der Waals surface area contributed by atoms with E-state index in [2.05, 4.69) is 0 Å². The Hall–Kier alpha value is -2.79. The van der Waals surface area contributed by atoms with Crippen molar-refractivity contribution in [1.29, 1.82) is 0 Å². The van der Waals surface area contributed by atoms with Crippen molar-refractivity contribution in [2.75, 3.05) is 12.3 Å². The van der Waals surface area contributed by atoms with Gasteiger partial charge in [-0.15, -0.1) is 11.3 Å². The first-order valence-electron chi connectivity index (χ1n) is 7.57. The van der Waals surface area contributed by atoms with Crippen LogP contribution in [0.15, 0.2) is 60.7 Å². The van der Waals surface area contributed by atoms with Crippen LogP contribution in [0.3, 0.4) is 0 Å². The maximum atomic E-state index is 11.9. The topological polar surface area (TPSA) is 61.5 Å². The molecule has 5 heteroatoms. The molecule has 0 radical (unpaired) electrons. The van der Waals surface area contributed by atoms with Crippen LogP contribution >= 0.6 is 11.3 Å². The first-order valence-corrected chi connectivity index (χ1v) is 8.39. The van der Waals surface area contributed by atoms with Crippen LogP contribution in [0, 0.1) is 0 Å². The van der Waals surface area contributed by atoms with Crippen LogP contribution in [-0.2, 0) is 4.74 Å². The summed E-state index contributed by atoms with van der Waals surface area (Å²) in [5.41, 5.74) is 7.34. The Morgan fingerprint density at radius 2 is 1.71 bits per heavy atom. The Morgan fingerprint density at radius 3 is 2.38 bits per heavy atom. The third-order valence-corrected chi connectivity index (χ3v) is 4.52. The molecule has 1 heterocycles. The van der Waals surface area contributed by atoms with E-state index in [-0.39, 0.29) is 5.97 Å². The fourth-order valence-electron chi connectivity index (χ4n) is 2.22. The molecule has 2 aromatic carbocycles. The third-order valence-electron chi connectivity index (χ3n) is 3.34. The highest BCUT2D eigenvalue weighted by molar-refractivity contribution is 7.18. The molecule has 0 aliphatic heterocycles. The van der Waals surface area contributed by atoms with Gasteiger partial charge in [-0.25, -0.2) is 4.79 Å². The summed E-state index contributed by atoms with van der Waals surface area (Å²) >= 11 is 1.33. The van der Waals surface area contributed by atoms with Gasteiger partial charge in [-0.1, -0.05) is 18.2 Å². The van der Waals surface area contributed by atoms with Crippen LogP contribution in [0.5, 0.6) is 11.5 Å². The van der Waals surface area contributed by atoms with E-state index in [4.69, 9.17) is 15.2 Å². The predicted molar refractivity (Wildman–Crippen MR) is 96.6 cm³/mol. The predicted octanol–water partition coefficient (Wildman–Crippen LogP) is 4.97. The molecule has 0 atom stereocenters. The number of carbonyl (C=O) groups excluding carboxylic acids is 1. The lowest BCUT2D eigenvalue weighted by Gasteiger charge is -2.06. The first-order chi connectivity index (χ1) is 11.7. The van der Waals surface area contributed by atoms with Crippen molar-refractivity contribution in [1.82, 2.24) is 0 Å². The van der Waals surface area contributed by atoms with Crippen LogP contribution in [0.25, 0.3) is 10.4 Å². The smallest absolute Gasteiger partial charge is 0.350 e. The highest BCUT2D eigenvalue weighted by Crippen LogP contribution is 2.34. The van der Waals surface area contributed by atoms with Crippen molar-refractivity contribution >= 4 is 23.0 Å². The average Bonchev–Trinajstić information content (AvgIpc) is 2.99. The molecule has 3 rings (SSSR count).